The second-order valence-corrected chi connectivity index (χ2v) is 8.72. The molecule has 4 rings (SSSR count). The Hall–Kier alpha value is -1.86. The SMILES string of the molecule is CC1CCCCN1C(=O)CSc1nnc(CN2CCCC2)n1-c1ccccc1. The smallest absolute Gasteiger partial charge is 0.233 e. The predicted molar refractivity (Wildman–Crippen MR) is 112 cm³/mol. The summed E-state index contributed by atoms with van der Waals surface area (Å²) in [4.78, 5) is 17.2. The van der Waals surface area contributed by atoms with Gasteiger partial charge in [0.15, 0.2) is 11.0 Å². The fraction of sp³-hybridized carbons (Fsp3) is 0.571. The fourth-order valence-electron chi connectivity index (χ4n) is 4.15. The molecule has 0 aliphatic carbocycles. The molecule has 2 aromatic rings. The molecular formula is C21H29N5OS. The lowest BCUT2D eigenvalue weighted by Gasteiger charge is -2.33. The van der Waals surface area contributed by atoms with Crippen LogP contribution in [0.5, 0.6) is 0 Å². The normalized spacial score (nSPS) is 20.6. The molecule has 6 nitrogen and oxygen atoms in total. The number of piperidine rings is 1. The summed E-state index contributed by atoms with van der Waals surface area (Å²) in [5.41, 5.74) is 1.06. The summed E-state index contributed by atoms with van der Waals surface area (Å²) >= 11 is 1.50. The Labute approximate surface area is 171 Å². The van der Waals surface area contributed by atoms with E-state index in [1.165, 1.54) is 31.0 Å². The molecule has 2 aliphatic heterocycles. The van der Waals surface area contributed by atoms with Crippen LogP contribution in [-0.2, 0) is 11.3 Å². The third-order valence-electron chi connectivity index (χ3n) is 5.73. The monoisotopic (exact) mass is 399 g/mol. The van der Waals surface area contributed by atoms with Gasteiger partial charge in [-0.15, -0.1) is 10.2 Å². The molecule has 2 aliphatic rings. The average molecular weight is 400 g/mol. The Morgan fingerprint density at radius 2 is 1.82 bits per heavy atom. The number of nitrogens with zero attached hydrogens (tertiary/aromatic N) is 5. The highest BCUT2D eigenvalue weighted by molar-refractivity contribution is 7.99. The van der Waals surface area contributed by atoms with Gasteiger partial charge in [-0.1, -0.05) is 30.0 Å². The van der Waals surface area contributed by atoms with Crippen molar-refractivity contribution in [2.75, 3.05) is 25.4 Å². The first kappa shape index (κ1) is 19.5. The minimum absolute atomic E-state index is 0.209. The van der Waals surface area contributed by atoms with Crippen LogP contribution < -0.4 is 0 Å². The number of carbonyl (C=O) groups excluding carboxylic acids is 1. The Balaban J connectivity index is 1.51. The Morgan fingerprint density at radius 1 is 1.07 bits per heavy atom. The zero-order chi connectivity index (χ0) is 19.3. The van der Waals surface area contributed by atoms with E-state index in [2.05, 4.69) is 38.7 Å². The highest BCUT2D eigenvalue weighted by Gasteiger charge is 2.25. The van der Waals surface area contributed by atoms with Crippen molar-refractivity contribution in [2.24, 2.45) is 0 Å². The molecule has 0 saturated carbocycles. The quantitative estimate of drug-likeness (QED) is 0.697. The highest BCUT2D eigenvalue weighted by Crippen LogP contribution is 2.25. The van der Waals surface area contributed by atoms with Crippen molar-refractivity contribution >= 4 is 17.7 Å². The molecule has 1 unspecified atom stereocenters. The van der Waals surface area contributed by atoms with Crippen LogP contribution in [0, 0.1) is 0 Å². The fourth-order valence-corrected chi connectivity index (χ4v) is 5.01. The topological polar surface area (TPSA) is 54.3 Å². The van der Waals surface area contributed by atoms with Gasteiger partial charge in [0.2, 0.25) is 5.91 Å². The molecule has 0 N–H and O–H groups in total. The number of aromatic nitrogens is 3. The van der Waals surface area contributed by atoms with Gasteiger partial charge in [0.1, 0.15) is 0 Å². The Bertz CT molecular complexity index is 787. The van der Waals surface area contributed by atoms with E-state index in [0.29, 0.717) is 11.8 Å². The van der Waals surface area contributed by atoms with E-state index in [-0.39, 0.29) is 5.91 Å². The first-order valence-corrected chi connectivity index (χ1v) is 11.4. The first-order chi connectivity index (χ1) is 13.7. The van der Waals surface area contributed by atoms with Crippen LogP contribution in [0.4, 0.5) is 0 Å². The van der Waals surface area contributed by atoms with E-state index in [4.69, 9.17) is 0 Å². The third kappa shape index (κ3) is 4.41. The molecule has 150 valence electrons. The van der Waals surface area contributed by atoms with Gasteiger partial charge in [-0.05, 0) is 64.3 Å². The van der Waals surface area contributed by atoms with Crippen molar-refractivity contribution in [3.05, 3.63) is 36.2 Å². The molecule has 1 amide bonds. The Kier molecular flexibility index (Phi) is 6.32. The summed E-state index contributed by atoms with van der Waals surface area (Å²) in [5, 5.41) is 9.74. The summed E-state index contributed by atoms with van der Waals surface area (Å²) in [6.45, 7) is 6.08. The average Bonchev–Trinajstić information content (AvgIpc) is 3.37. The molecular weight excluding hydrogens is 370 g/mol. The van der Waals surface area contributed by atoms with Crippen LogP contribution in [0.15, 0.2) is 35.5 Å². The van der Waals surface area contributed by atoms with Gasteiger partial charge in [-0.25, -0.2) is 0 Å². The summed E-state index contributed by atoms with van der Waals surface area (Å²) in [6.07, 6.45) is 5.95. The van der Waals surface area contributed by atoms with E-state index in [0.717, 1.165) is 55.7 Å². The summed E-state index contributed by atoms with van der Waals surface area (Å²) in [5.74, 6) is 1.58. The second-order valence-electron chi connectivity index (χ2n) is 7.77. The zero-order valence-corrected chi connectivity index (χ0v) is 17.4. The lowest BCUT2D eigenvalue weighted by atomic mass is 10.0. The molecule has 0 spiro atoms. The molecule has 0 bridgehead atoms. The molecule has 28 heavy (non-hydrogen) atoms. The van der Waals surface area contributed by atoms with Crippen LogP contribution in [0.2, 0.25) is 0 Å². The molecule has 3 heterocycles. The molecule has 0 radical (unpaired) electrons. The molecule has 2 saturated heterocycles. The maximum Gasteiger partial charge on any atom is 0.233 e. The van der Waals surface area contributed by atoms with Gasteiger partial charge in [0.05, 0.1) is 12.3 Å². The van der Waals surface area contributed by atoms with Crippen molar-refractivity contribution in [3.8, 4) is 5.69 Å². The van der Waals surface area contributed by atoms with Crippen LogP contribution in [0.1, 0.15) is 44.9 Å². The number of thioether (sulfide) groups is 1. The summed E-state index contributed by atoms with van der Waals surface area (Å²) < 4.78 is 2.12. The van der Waals surface area contributed by atoms with Gasteiger partial charge >= 0.3 is 0 Å². The number of hydrogen-bond donors (Lipinski definition) is 0. The lowest BCUT2D eigenvalue weighted by Crippen LogP contribution is -2.43. The molecule has 1 aromatic heterocycles. The zero-order valence-electron chi connectivity index (χ0n) is 16.6. The summed E-state index contributed by atoms with van der Waals surface area (Å²) in [7, 11) is 0. The minimum Gasteiger partial charge on any atom is -0.339 e. The first-order valence-electron chi connectivity index (χ1n) is 10.4. The Morgan fingerprint density at radius 3 is 2.57 bits per heavy atom. The van der Waals surface area contributed by atoms with Crippen LogP contribution >= 0.6 is 11.8 Å². The van der Waals surface area contributed by atoms with Crippen molar-refractivity contribution in [1.29, 1.82) is 0 Å². The molecule has 1 aromatic carbocycles. The number of likely N-dealkylation sites (tertiary alicyclic amines) is 2. The van der Waals surface area contributed by atoms with Gasteiger partial charge in [-0.3, -0.25) is 14.3 Å². The second kappa shape index (κ2) is 9.09. The van der Waals surface area contributed by atoms with Gasteiger partial charge < -0.3 is 4.90 Å². The highest BCUT2D eigenvalue weighted by atomic mass is 32.2. The van der Waals surface area contributed by atoms with Crippen molar-refractivity contribution in [3.63, 3.8) is 0 Å². The number of hydrogen-bond acceptors (Lipinski definition) is 5. The van der Waals surface area contributed by atoms with E-state index in [1.54, 1.807) is 0 Å². The molecule has 2 fully saturated rings. The largest absolute Gasteiger partial charge is 0.339 e. The lowest BCUT2D eigenvalue weighted by molar-refractivity contribution is -0.131. The van der Waals surface area contributed by atoms with Crippen molar-refractivity contribution in [2.45, 2.75) is 56.8 Å². The number of para-hydroxylation sites is 1. The van der Waals surface area contributed by atoms with Crippen LogP contribution in [0.3, 0.4) is 0 Å². The predicted octanol–water partition coefficient (Wildman–Crippen LogP) is 3.36. The number of benzene rings is 1. The number of rotatable bonds is 6. The standard InChI is InChI=1S/C21H29N5OS/c1-17-9-5-6-14-25(17)20(27)16-28-21-23-22-19(15-24-12-7-8-13-24)26(21)18-10-3-2-4-11-18/h2-4,10-11,17H,5-9,12-16H2,1H3. The number of amides is 1. The van der Waals surface area contributed by atoms with Gasteiger partial charge in [0, 0.05) is 18.3 Å². The minimum atomic E-state index is 0.209. The van der Waals surface area contributed by atoms with Gasteiger partial charge in [-0.2, -0.15) is 0 Å². The maximum absolute atomic E-state index is 12.8. The van der Waals surface area contributed by atoms with Gasteiger partial charge in [0.25, 0.3) is 0 Å². The van der Waals surface area contributed by atoms with Crippen LogP contribution in [-0.4, -0.2) is 61.9 Å². The van der Waals surface area contributed by atoms with E-state index in [9.17, 15) is 4.79 Å². The van der Waals surface area contributed by atoms with Crippen molar-refractivity contribution < 1.29 is 4.79 Å². The van der Waals surface area contributed by atoms with E-state index in [1.807, 2.05) is 23.1 Å². The van der Waals surface area contributed by atoms with Crippen molar-refractivity contribution in [1.82, 2.24) is 24.6 Å². The molecule has 1 atom stereocenters. The third-order valence-corrected chi connectivity index (χ3v) is 6.64. The van der Waals surface area contributed by atoms with Crippen LogP contribution in [0.25, 0.3) is 5.69 Å². The number of carbonyl (C=O) groups is 1. The summed E-state index contributed by atoms with van der Waals surface area (Å²) in [6, 6.07) is 10.6. The maximum atomic E-state index is 12.8. The van der Waals surface area contributed by atoms with E-state index < -0.39 is 0 Å². The van der Waals surface area contributed by atoms with E-state index >= 15 is 0 Å². The molecule has 7 heteroatoms.